The van der Waals surface area contributed by atoms with Crippen LogP contribution in [0, 0.1) is 11.8 Å². The summed E-state index contributed by atoms with van der Waals surface area (Å²) >= 11 is 0. The Morgan fingerprint density at radius 1 is 1.08 bits per heavy atom. The van der Waals surface area contributed by atoms with Gasteiger partial charge >= 0.3 is 0 Å². The molecule has 0 spiro atoms. The Bertz CT molecular complexity index is 145. The summed E-state index contributed by atoms with van der Waals surface area (Å²) in [6.07, 6.45) is 10.3. The molecule has 0 heterocycles. The molecule has 0 aromatic rings. The van der Waals surface area contributed by atoms with Crippen LogP contribution >= 0.6 is 0 Å². The zero-order chi connectivity index (χ0) is 9.10. The normalized spacial score (nSPS) is 27.5. The summed E-state index contributed by atoms with van der Waals surface area (Å²) in [5.41, 5.74) is 0. The van der Waals surface area contributed by atoms with E-state index in [4.69, 9.17) is 0 Å². The van der Waals surface area contributed by atoms with Crippen LogP contribution in [0.4, 0.5) is 0 Å². The molecule has 0 radical (unpaired) electrons. The van der Waals surface area contributed by atoms with Crippen molar-refractivity contribution in [1.82, 2.24) is 5.32 Å². The Hall–Kier alpha value is -0.0400. The van der Waals surface area contributed by atoms with Crippen molar-refractivity contribution in [3.63, 3.8) is 0 Å². The van der Waals surface area contributed by atoms with Crippen molar-refractivity contribution in [2.24, 2.45) is 11.8 Å². The van der Waals surface area contributed by atoms with Crippen LogP contribution in [0.1, 0.15) is 51.9 Å². The largest absolute Gasteiger partial charge is 0.314 e. The predicted octanol–water partition coefficient (Wildman–Crippen LogP) is 2.95. The van der Waals surface area contributed by atoms with Gasteiger partial charge in [0, 0.05) is 6.04 Å². The van der Waals surface area contributed by atoms with Crippen LogP contribution in [-0.4, -0.2) is 12.6 Å². The topological polar surface area (TPSA) is 12.0 Å². The summed E-state index contributed by atoms with van der Waals surface area (Å²) in [5.74, 6) is 2.01. The maximum absolute atomic E-state index is 3.71. The first-order chi connectivity index (χ1) is 6.36. The van der Waals surface area contributed by atoms with Crippen molar-refractivity contribution in [3.05, 3.63) is 0 Å². The van der Waals surface area contributed by atoms with Crippen molar-refractivity contribution in [1.29, 1.82) is 0 Å². The minimum atomic E-state index is 0.779. The standard InChI is InChI=1S/C12H23N/c1-10(13-9-11-7-8-11)12-5-3-2-4-6-12/h10-13H,2-9H2,1H3/t10-/m0/s1. The van der Waals surface area contributed by atoms with Crippen molar-refractivity contribution >= 4 is 0 Å². The fourth-order valence-corrected chi connectivity index (χ4v) is 2.48. The highest BCUT2D eigenvalue weighted by molar-refractivity contribution is 4.80. The van der Waals surface area contributed by atoms with Crippen LogP contribution in [0.25, 0.3) is 0 Å². The van der Waals surface area contributed by atoms with E-state index in [1.54, 1.807) is 0 Å². The minimum Gasteiger partial charge on any atom is -0.314 e. The van der Waals surface area contributed by atoms with Gasteiger partial charge in [-0.3, -0.25) is 0 Å². The second kappa shape index (κ2) is 4.45. The molecule has 1 heteroatoms. The summed E-state index contributed by atoms with van der Waals surface area (Å²) in [6, 6.07) is 0.779. The van der Waals surface area contributed by atoms with Gasteiger partial charge in [0.05, 0.1) is 0 Å². The van der Waals surface area contributed by atoms with Crippen LogP contribution in [0.3, 0.4) is 0 Å². The van der Waals surface area contributed by atoms with Gasteiger partial charge in [-0.1, -0.05) is 19.3 Å². The van der Waals surface area contributed by atoms with Gasteiger partial charge in [-0.25, -0.2) is 0 Å². The van der Waals surface area contributed by atoms with E-state index in [9.17, 15) is 0 Å². The molecular formula is C12H23N. The van der Waals surface area contributed by atoms with Gasteiger partial charge < -0.3 is 5.32 Å². The van der Waals surface area contributed by atoms with E-state index in [-0.39, 0.29) is 0 Å². The Kier molecular flexibility index (Phi) is 3.26. The quantitative estimate of drug-likeness (QED) is 0.703. The molecule has 76 valence electrons. The second-order valence-corrected chi connectivity index (χ2v) is 5.04. The van der Waals surface area contributed by atoms with Crippen LogP contribution in [-0.2, 0) is 0 Å². The van der Waals surface area contributed by atoms with Gasteiger partial charge in [0.2, 0.25) is 0 Å². The van der Waals surface area contributed by atoms with Crippen molar-refractivity contribution in [3.8, 4) is 0 Å². The maximum Gasteiger partial charge on any atom is 0.00671 e. The number of hydrogen-bond donors (Lipinski definition) is 1. The molecule has 0 unspecified atom stereocenters. The highest BCUT2D eigenvalue weighted by atomic mass is 14.9. The lowest BCUT2D eigenvalue weighted by molar-refractivity contribution is 0.280. The first kappa shape index (κ1) is 9.51. The van der Waals surface area contributed by atoms with Crippen LogP contribution in [0.5, 0.6) is 0 Å². The average Bonchev–Trinajstić information content (AvgIpc) is 2.99. The molecule has 1 atom stereocenters. The zero-order valence-corrected chi connectivity index (χ0v) is 8.89. The molecule has 1 nitrogen and oxygen atoms in total. The number of hydrogen-bond acceptors (Lipinski definition) is 1. The molecule has 2 rings (SSSR count). The van der Waals surface area contributed by atoms with E-state index in [1.807, 2.05) is 0 Å². The van der Waals surface area contributed by atoms with E-state index < -0.39 is 0 Å². The zero-order valence-electron chi connectivity index (χ0n) is 8.89. The fraction of sp³-hybridized carbons (Fsp3) is 1.00. The SMILES string of the molecule is C[C@H](NCC1CC1)C1CCCCC1. The summed E-state index contributed by atoms with van der Waals surface area (Å²) in [7, 11) is 0. The van der Waals surface area contributed by atoms with Gasteiger partial charge in [0.25, 0.3) is 0 Å². The Morgan fingerprint density at radius 3 is 2.38 bits per heavy atom. The lowest BCUT2D eigenvalue weighted by Gasteiger charge is -2.28. The average molecular weight is 181 g/mol. The molecule has 0 aromatic carbocycles. The lowest BCUT2D eigenvalue weighted by Crippen LogP contribution is -2.35. The molecule has 2 fully saturated rings. The molecular weight excluding hydrogens is 158 g/mol. The van der Waals surface area contributed by atoms with E-state index in [1.165, 1.54) is 51.5 Å². The van der Waals surface area contributed by atoms with Crippen LogP contribution in [0.15, 0.2) is 0 Å². The third-order valence-corrected chi connectivity index (χ3v) is 3.78. The molecule has 2 aliphatic carbocycles. The van der Waals surface area contributed by atoms with Gasteiger partial charge in [0.1, 0.15) is 0 Å². The minimum absolute atomic E-state index is 0.779. The summed E-state index contributed by atoms with van der Waals surface area (Å²) in [4.78, 5) is 0. The molecule has 0 bridgehead atoms. The molecule has 0 saturated heterocycles. The van der Waals surface area contributed by atoms with Crippen LogP contribution < -0.4 is 5.32 Å². The molecule has 0 amide bonds. The highest BCUT2D eigenvalue weighted by Gasteiger charge is 2.24. The summed E-state index contributed by atoms with van der Waals surface area (Å²) in [5, 5.41) is 3.71. The molecule has 2 aliphatic rings. The van der Waals surface area contributed by atoms with Gasteiger partial charge in [0.15, 0.2) is 0 Å². The third-order valence-electron chi connectivity index (χ3n) is 3.78. The number of nitrogens with one attached hydrogen (secondary N) is 1. The Morgan fingerprint density at radius 2 is 1.77 bits per heavy atom. The van der Waals surface area contributed by atoms with Crippen molar-refractivity contribution in [2.45, 2.75) is 57.9 Å². The molecule has 13 heavy (non-hydrogen) atoms. The number of rotatable bonds is 4. The Labute approximate surface area is 82.3 Å². The van der Waals surface area contributed by atoms with Gasteiger partial charge in [-0.15, -0.1) is 0 Å². The van der Waals surface area contributed by atoms with Gasteiger partial charge in [-0.05, 0) is 51.0 Å². The monoisotopic (exact) mass is 181 g/mol. The van der Waals surface area contributed by atoms with E-state index in [0.29, 0.717) is 0 Å². The molecule has 0 aliphatic heterocycles. The first-order valence-corrected chi connectivity index (χ1v) is 6.09. The maximum atomic E-state index is 3.71. The van der Waals surface area contributed by atoms with E-state index in [2.05, 4.69) is 12.2 Å². The summed E-state index contributed by atoms with van der Waals surface area (Å²) < 4.78 is 0. The smallest absolute Gasteiger partial charge is 0.00671 e. The highest BCUT2D eigenvalue weighted by Crippen LogP contribution is 2.29. The Balaban J connectivity index is 1.64. The van der Waals surface area contributed by atoms with Gasteiger partial charge in [-0.2, -0.15) is 0 Å². The summed E-state index contributed by atoms with van der Waals surface area (Å²) in [6.45, 7) is 3.68. The van der Waals surface area contributed by atoms with E-state index >= 15 is 0 Å². The lowest BCUT2D eigenvalue weighted by atomic mass is 9.84. The predicted molar refractivity (Wildman–Crippen MR) is 56.8 cm³/mol. The fourth-order valence-electron chi connectivity index (χ4n) is 2.48. The van der Waals surface area contributed by atoms with Crippen molar-refractivity contribution < 1.29 is 0 Å². The third kappa shape index (κ3) is 2.98. The first-order valence-electron chi connectivity index (χ1n) is 6.09. The molecule has 2 saturated carbocycles. The molecule has 0 aromatic heterocycles. The molecule has 1 N–H and O–H groups in total. The van der Waals surface area contributed by atoms with E-state index in [0.717, 1.165) is 17.9 Å². The second-order valence-electron chi connectivity index (χ2n) is 5.04. The van der Waals surface area contributed by atoms with Crippen LogP contribution in [0.2, 0.25) is 0 Å². The van der Waals surface area contributed by atoms with Crippen molar-refractivity contribution in [2.75, 3.05) is 6.54 Å².